The first-order valence-corrected chi connectivity index (χ1v) is 12.5. The molecule has 0 saturated carbocycles. The van der Waals surface area contributed by atoms with Crippen molar-refractivity contribution in [3.8, 4) is 0 Å². The van der Waals surface area contributed by atoms with Gasteiger partial charge in [0.25, 0.3) is 0 Å². The Morgan fingerprint density at radius 2 is 1.18 bits per heavy atom. The van der Waals surface area contributed by atoms with Crippen molar-refractivity contribution in [2.45, 2.75) is 64.8 Å². The third kappa shape index (κ3) is 6.32. The van der Waals surface area contributed by atoms with E-state index in [2.05, 4.69) is 0 Å². The quantitative estimate of drug-likeness (QED) is 0.366. The van der Waals surface area contributed by atoms with Crippen molar-refractivity contribution < 1.29 is 25.6 Å². The first-order chi connectivity index (χ1) is 9.94. The first-order valence-electron chi connectivity index (χ1n) is 7.97. The summed E-state index contributed by atoms with van der Waals surface area (Å²) in [5.74, 6) is 0. The van der Waals surface area contributed by atoms with Gasteiger partial charge in [0, 0.05) is 0 Å². The predicted octanol–water partition coefficient (Wildman–Crippen LogP) is 5.35. The third-order valence-corrected chi connectivity index (χ3v) is 12.0. The summed E-state index contributed by atoms with van der Waals surface area (Å²) in [7, 11) is -5.55. The number of hydrogen-bond donors (Lipinski definition) is 0. The number of halogens is 3. The molecule has 0 unspecified atom stereocenters. The molecule has 0 atom stereocenters. The fourth-order valence-corrected chi connectivity index (χ4v) is 10.6. The second kappa shape index (κ2) is 8.29. The Balaban J connectivity index is 5.70. The van der Waals surface area contributed by atoms with Crippen LogP contribution in [0.3, 0.4) is 0 Å². The molecule has 3 nitrogen and oxygen atoms in total. The van der Waals surface area contributed by atoms with Gasteiger partial charge in [-0.15, -0.1) is 0 Å². The second-order valence-electron chi connectivity index (χ2n) is 6.40. The fourth-order valence-electron chi connectivity index (χ4n) is 2.61. The van der Waals surface area contributed by atoms with E-state index in [9.17, 15) is 21.6 Å². The minimum absolute atomic E-state index is 0.442. The van der Waals surface area contributed by atoms with E-state index in [1.54, 1.807) is 6.66 Å². The van der Waals surface area contributed by atoms with Crippen LogP contribution in [0.15, 0.2) is 0 Å². The number of hydrogen-bond acceptors (Lipinski definition) is 3. The molecule has 0 aliphatic carbocycles. The van der Waals surface area contributed by atoms with Crippen molar-refractivity contribution >= 4 is 16.9 Å². The summed E-state index contributed by atoms with van der Waals surface area (Å²) < 4.78 is 66.8. The molecule has 0 saturated heterocycles. The summed E-state index contributed by atoms with van der Waals surface area (Å²) in [4.78, 5) is 0. The Bertz CT molecular complexity index is 411. The van der Waals surface area contributed by atoms with E-state index < -0.39 is 22.5 Å². The van der Waals surface area contributed by atoms with E-state index in [-0.39, 0.29) is 0 Å². The van der Waals surface area contributed by atoms with E-state index in [4.69, 9.17) is 3.97 Å². The van der Waals surface area contributed by atoms with Crippen LogP contribution in [-0.2, 0) is 14.1 Å². The Hall–Kier alpha value is 0.130. The summed E-state index contributed by atoms with van der Waals surface area (Å²) in [5, 5.41) is 0. The monoisotopic (exact) mass is 366 g/mol. The molecule has 0 heterocycles. The van der Waals surface area contributed by atoms with Gasteiger partial charge in [0.05, 0.1) is 0 Å². The Morgan fingerprint density at radius 3 is 1.41 bits per heavy atom. The van der Waals surface area contributed by atoms with Crippen molar-refractivity contribution in [2.75, 3.05) is 25.2 Å². The molecule has 0 radical (unpaired) electrons. The van der Waals surface area contributed by atoms with E-state index in [1.165, 1.54) is 0 Å². The molecule has 0 aromatic carbocycles. The summed E-state index contributed by atoms with van der Waals surface area (Å²) >= 11 is 0. The number of alkyl halides is 3. The maximum absolute atomic E-state index is 12.8. The van der Waals surface area contributed by atoms with Crippen LogP contribution >= 0.6 is 6.83 Å². The molecule has 0 amide bonds. The van der Waals surface area contributed by atoms with Gasteiger partial charge < -0.3 is 0 Å². The average molecular weight is 366 g/mol. The maximum atomic E-state index is 12.8. The van der Waals surface area contributed by atoms with Crippen molar-refractivity contribution in [3.05, 3.63) is 0 Å². The molecule has 0 aliphatic heterocycles. The third-order valence-electron chi connectivity index (χ3n) is 4.04. The molecule has 0 rings (SSSR count). The van der Waals surface area contributed by atoms with Crippen molar-refractivity contribution in [2.24, 2.45) is 0 Å². The van der Waals surface area contributed by atoms with Gasteiger partial charge >= 0.3 is 132 Å². The van der Waals surface area contributed by atoms with Gasteiger partial charge in [0.2, 0.25) is 0 Å². The van der Waals surface area contributed by atoms with Crippen molar-refractivity contribution in [1.29, 1.82) is 0 Å². The van der Waals surface area contributed by atoms with Crippen LogP contribution < -0.4 is 0 Å². The van der Waals surface area contributed by atoms with Gasteiger partial charge in [-0.05, 0) is 0 Å². The predicted molar refractivity (Wildman–Crippen MR) is 88.2 cm³/mol. The van der Waals surface area contributed by atoms with Gasteiger partial charge in [-0.25, -0.2) is 0 Å². The van der Waals surface area contributed by atoms with Crippen LogP contribution in [0.4, 0.5) is 13.2 Å². The Kier molecular flexibility index (Phi) is 8.34. The summed E-state index contributed by atoms with van der Waals surface area (Å²) in [6, 6.07) is 0. The molecular weight excluding hydrogens is 336 g/mol. The van der Waals surface area contributed by atoms with Gasteiger partial charge in [0.1, 0.15) is 0 Å². The molecule has 0 aromatic rings. The standard InChI is InChI=1S/C14H30F3O3PS/c1-5-8-11-21(4,12-9-6-2,13-10-7-3)20-22(18,19)14(15,16)17/h5-13H2,1-4H3. The number of rotatable bonds is 11. The summed E-state index contributed by atoms with van der Waals surface area (Å²) in [6.45, 7) is 4.12. The molecule has 0 N–H and O–H groups in total. The zero-order valence-electron chi connectivity index (χ0n) is 14.1. The zero-order chi connectivity index (χ0) is 17.5. The fraction of sp³-hybridized carbons (Fsp3) is 1.00. The van der Waals surface area contributed by atoms with Crippen molar-refractivity contribution in [3.63, 3.8) is 0 Å². The van der Waals surface area contributed by atoms with Gasteiger partial charge in [-0.3, -0.25) is 0 Å². The minimum atomic E-state index is -5.55. The van der Waals surface area contributed by atoms with E-state index in [0.717, 1.165) is 19.3 Å². The van der Waals surface area contributed by atoms with Crippen LogP contribution in [-0.4, -0.2) is 39.1 Å². The Labute approximate surface area is 133 Å². The topological polar surface area (TPSA) is 43.4 Å². The zero-order valence-corrected chi connectivity index (χ0v) is 15.8. The average Bonchev–Trinajstić information content (AvgIpc) is 2.40. The molecule has 0 aromatic heterocycles. The first kappa shape index (κ1) is 22.1. The SMILES string of the molecule is CCCCP(C)(CCCC)(CCCC)OS(=O)(=O)C(F)(F)F. The van der Waals surface area contributed by atoms with Crippen LogP contribution in [0, 0.1) is 0 Å². The summed E-state index contributed by atoms with van der Waals surface area (Å²) in [6.07, 6.45) is 5.81. The molecular formula is C14H30F3O3PS. The van der Waals surface area contributed by atoms with Crippen molar-refractivity contribution in [1.82, 2.24) is 0 Å². The second-order valence-corrected chi connectivity index (χ2v) is 14.1. The van der Waals surface area contributed by atoms with Crippen LogP contribution in [0.25, 0.3) is 0 Å². The van der Waals surface area contributed by atoms with Gasteiger partial charge in [-0.2, -0.15) is 0 Å². The van der Waals surface area contributed by atoms with E-state index in [1.807, 2.05) is 20.8 Å². The van der Waals surface area contributed by atoms with Crippen LogP contribution in [0.1, 0.15) is 59.3 Å². The normalized spacial score (nSPS) is 15.5. The molecule has 22 heavy (non-hydrogen) atoms. The molecule has 0 bridgehead atoms. The molecule has 8 heteroatoms. The van der Waals surface area contributed by atoms with E-state index >= 15 is 0 Å². The van der Waals surface area contributed by atoms with Gasteiger partial charge in [0.15, 0.2) is 0 Å². The summed E-state index contributed by atoms with van der Waals surface area (Å²) in [5.41, 5.74) is -5.35. The molecule has 0 aliphatic rings. The molecule has 0 spiro atoms. The Morgan fingerprint density at radius 1 is 0.864 bits per heavy atom. The molecule has 136 valence electrons. The molecule has 0 fully saturated rings. The van der Waals surface area contributed by atoms with Crippen LogP contribution in [0.2, 0.25) is 0 Å². The van der Waals surface area contributed by atoms with E-state index in [0.29, 0.717) is 37.7 Å². The number of unbranched alkanes of at least 4 members (excludes halogenated alkanes) is 3. The van der Waals surface area contributed by atoms with Gasteiger partial charge in [-0.1, -0.05) is 0 Å². The van der Waals surface area contributed by atoms with Crippen LogP contribution in [0.5, 0.6) is 0 Å².